The van der Waals surface area contributed by atoms with Crippen molar-refractivity contribution in [1.29, 1.82) is 0 Å². The number of carboxylic acids is 1. The Balaban J connectivity index is 1.60. The van der Waals surface area contributed by atoms with Crippen LogP contribution in [0.15, 0.2) is 34.8 Å². The van der Waals surface area contributed by atoms with Gasteiger partial charge in [0.15, 0.2) is 9.34 Å². The molecule has 2 aromatic heterocycles. The van der Waals surface area contributed by atoms with Gasteiger partial charge in [0.05, 0.1) is 6.20 Å². The summed E-state index contributed by atoms with van der Waals surface area (Å²) in [5, 5.41) is 10.9. The van der Waals surface area contributed by atoms with Crippen molar-refractivity contribution in [3.8, 4) is 5.75 Å². The van der Waals surface area contributed by atoms with Gasteiger partial charge in [0.1, 0.15) is 23.7 Å². The summed E-state index contributed by atoms with van der Waals surface area (Å²) in [6.07, 6.45) is -3.21. The second-order valence-corrected chi connectivity index (χ2v) is 11.8. The second kappa shape index (κ2) is 10.5. The van der Waals surface area contributed by atoms with Crippen LogP contribution in [0.3, 0.4) is 0 Å². The lowest BCUT2D eigenvalue weighted by atomic mass is 10.00. The number of rotatable bonds is 9. The molecule has 0 radical (unpaired) electrons. The number of carbonyl (C=O) groups is 2. The average molecular weight is 589 g/mol. The van der Waals surface area contributed by atoms with Crippen LogP contribution < -0.4 is 20.1 Å². The Bertz CT molecular complexity index is 1530. The van der Waals surface area contributed by atoms with Crippen molar-refractivity contribution in [2.75, 3.05) is 31.3 Å². The van der Waals surface area contributed by atoms with Crippen molar-refractivity contribution in [3.63, 3.8) is 0 Å². The average Bonchev–Trinajstić information content (AvgIpc) is 3.46. The van der Waals surface area contributed by atoms with E-state index in [0.29, 0.717) is 10.5 Å². The molecule has 17 heteroatoms. The molecule has 3 aromatic rings. The topological polar surface area (TPSA) is 168 Å². The monoisotopic (exact) mass is 588 g/mol. The van der Waals surface area contributed by atoms with E-state index in [-0.39, 0.29) is 33.9 Å². The number of amides is 1. The normalized spacial score (nSPS) is 17.0. The number of aliphatic carboxylic acids is 1. The Hall–Kier alpha value is -3.70. The number of carbonyl (C=O) groups excluding carboxylic acids is 1. The first-order valence-corrected chi connectivity index (χ1v) is 13.6. The molecule has 1 aliphatic heterocycles. The van der Waals surface area contributed by atoms with Gasteiger partial charge in [-0.15, -0.1) is 13.2 Å². The Labute approximate surface area is 224 Å². The summed E-state index contributed by atoms with van der Waals surface area (Å²) in [5.74, 6) is -3.05. The first kappa shape index (κ1) is 28.3. The SMILES string of the molecule is CN(C)c1ncc(S(=O)(=O)NC2CCN(C(Cc3cc4ccnc(N)c4cc3OC(F)(F)F)C(=O)O)C2=O)s1. The number of anilines is 2. The van der Waals surface area contributed by atoms with Gasteiger partial charge in [0, 0.05) is 38.6 Å². The van der Waals surface area contributed by atoms with E-state index in [1.165, 1.54) is 18.3 Å². The number of fused-ring (bicyclic) bond motifs is 1. The van der Waals surface area contributed by atoms with Crippen LogP contribution in [0.2, 0.25) is 0 Å². The van der Waals surface area contributed by atoms with E-state index in [1.54, 1.807) is 19.0 Å². The molecule has 4 N–H and O–H groups in total. The van der Waals surface area contributed by atoms with E-state index >= 15 is 0 Å². The number of nitrogens with two attached hydrogens (primary N) is 1. The summed E-state index contributed by atoms with van der Waals surface area (Å²) in [7, 11) is -0.791. The molecule has 4 rings (SSSR count). The van der Waals surface area contributed by atoms with Crippen LogP contribution in [0.4, 0.5) is 24.1 Å². The number of nitrogens with one attached hydrogen (secondary N) is 1. The summed E-state index contributed by atoms with van der Waals surface area (Å²) in [5.41, 5.74) is 5.63. The summed E-state index contributed by atoms with van der Waals surface area (Å²) in [6, 6.07) is 0.907. The molecule has 0 bridgehead atoms. The fraction of sp³-hybridized carbons (Fsp3) is 0.364. The molecule has 1 saturated heterocycles. The molecule has 0 spiro atoms. The van der Waals surface area contributed by atoms with Crippen LogP contribution in [0.25, 0.3) is 10.8 Å². The van der Waals surface area contributed by atoms with Crippen LogP contribution in [0.5, 0.6) is 5.75 Å². The minimum absolute atomic E-state index is 0.0486. The highest BCUT2D eigenvalue weighted by molar-refractivity contribution is 7.91. The molecule has 2 unspecified atom stereocenters. The van der Waals surface area contributed by atoms with Crippen molar-refractivity contribution in [3.05, 3.63) is 36.2 Å². The zero-order chi connectivity index (χ0) is 28.7. The highest BCUT2D eigenvalue weighted by atomic mass is 32.2. The summed E-state index contributed by atoms with van der Waals surface area (Å²) >= 11 is 0.880. The molecule has 1 fully saturated rings. The van der Waals surface area contributed by atoms with Crippen molar-refractivity contribution in [2.45, 2.75) is 35.5 Å². The number of alkyl halides is 3. The molecule has 1 aliphatic rings. The number of carboxylic acid groups (broad SMARTS) is 1. The number of thiazole rings is 1. The molecule has 2 atom stereocenters. The number of halogens is 3. The van der Waals surface area contributed by atoms with Gasteiger partial charge in [-0.1, -0.05) is 11.3 Å². The maximum Gasteiger partial charge on any atom is 0.573 e. The van der Waals surface area contributed by atoms with E-state index in [9.17, 15) is 36.3 Å². The predicted octanol–water partition coefficient (Wildman–Crippen LogP) is 1.81. The number of aromatic nitrogens is 2. The van der Waals surface area contributed by atoms with Gasteiger partial charge in [-0.25, -0.2) is 23.2 Å². The molecule has 0 saturated carbocycles. The van der Waals surface area contributed by atoms with Gasteiger partial charge >= 0.3 is 12.3 Å². The number of nitrogens with zero attached hydrogens (tertiary/aromatic N) is 4. The minimum Gasteiger partial charge on any atom is -0.480 e. The largest absolute Gasteiger partial charge is 0.573 e. The van der Waals surface area contributed by atoms with Gasteiger partial charge in [-0.2, -0.15) is 4.72 Å². The van der Waals surface area contributed by atoms with Gasteiger partial charge in [0.2, 0.25) is 5.91 Å². The molecular formula is C22H23F3N6O6S2. The van der Waals surface area contributed by atoms with E-state index < -0.39 is 52.5 Å². The number of ether oxygens (including phenoxy) is 1. The lowest BCUT2D eigenvalue weighted by Gasteiger charge is -2.26. The van der Waals surface area contributed by atoms with Crippen LogP contribution >= 0.6 is 11.3 Å². The van der Waals surface area contributed by atoms with Crippen LogP contribution in [-0.2, 0) is 26.0 Å². The van der Waals surface area contributed by atoms with Crippen LogP contribution in [0, 0.1) is 0 Å². The zero-order valence-corrected chi connectivity index (χ0v) is 22.1. The smallest absolute Gasteiger partial charge is 0.480 e. The fourth-order valence-corrected chi connectivity index (χ4v) is 6.42. The third-order valence-corrected chi connectivity index (χ3v) is 9.03. The summed E-state index contributed by atoms with van der Waals surface area (Å²) in [4.78, 5) is 35.7. The molecular weight excluding hydrogens is 565 g/mol. The number of pyridine rings is 1. The Morgan fingerprint density at radius 2 is 2.08 bits per heavy atom. The van der Waals surface area contributed by atoms with Crippen LogP contribution in [-0.4, -0.2) is 79.4 Å². The molecule has 39 heavy (non-hydrogen) atoms. The Morgan fingerprint density at radius 3 is 2.69 bits per heavy atom. The quantitative estimate of drug-likeness (QED) is 0.335. The van der Waals surface area contributed by atoms with Gasteiger partial charge in [-0.05, 0) is 35.6 Å². The van der Waals surface area contributed by atoms with Crippen molar-refractivity contribution < 1.29 is 41.0 Å². The van der Waals surface area contributed by atoms with Crippen LogP contribution in [0.1, 0.15) is 12.0 Å². The lowest BCUT2D eigenvalue weighted by molar-refractivity contribution is -0.274. The number of hydrogen-bond acceptors (Lipinski definition) is 10. The van der Waals surface area contributed by atoms with E-state index in [0.717, 1.165) is 28.5 Å². The third-order valence-electron chi connectivity index (χ3n) is 5.93. The Kier molecular flexibility index (Phi) is 7.59. The number of hydrogen-bond donors (Lipinski definition) is 3. The van der Waals surface area contributed by atoms with Crippen molar-refractivity contribution in [1.82, 2.24) is 19.6 Å². The van der Waals surface area contributed by atoms with Gasteiger partial charge in [-0.3, -0.25) is 4.79 Å². The standard InChI is InChI=1S/C22H23F3N6O6S2/c1-30(2)21-28-10-17(38-21)39(35,36)29-14-4-6-31(19(14)32)15(20(33)34)8-12-7-11-3-5-27-18(26)13(11)9-16(12)37-22(23,24)25/h3,5,7,9-10,14-15,29H,4,6,8H2,1-2H3,(H2,26,27)(H,33,34). The van der Waals surface area contributed by atoms with Crippen molar-refractivity contribution in [2.24, 2.45) is 0 Å². The van der Waals surface area contributed by atoms with Gasteiger partial charge < -0.3 is 25.4 Å². The van der Waals surface area contributed by atoms with E-state index in [4.69, 9.17) is 5.73 Å². The summed E-state index contributed by atoms with van der Waals surface area (Å²) in [6.45, 7) is -0.144. The van der Waals surface area contributed by atoms with E-state index in [1.807, 2.05) is 0 Å². The highest BCUT2D eigenvalue weighted by Crippen LogP contribution is 2.34. The number of nitrogen functional groups attached to an aromatic ring is 1. The molecule has 3 heterocycles. The number of sulfonamides is 1. The minimum atomic E-state index is -5.09. The Morgan fingerprint density at radius 1 is 1.36 bits per heavy atom. The predicted molar refractivity (Wildman–Crippen MR) is 135 cm³/mol. The molecule has 0 aliphatic carbocycles. The molecule has 1 aromatic carbocycles. The number of likely N-dealkylation sites (tertiary alicyclic amines) is 1. The first-order chi connectivity index (χ1) is 18.2. The second-order valence-electron chi connectivity index (χ2n) is 8.83. The third kappa shape index (κ3) is 6.15. The highest BCUT2D eigenvalue weighted by Gasteiger charge is 2.42. The molecule has 12 nitrogen and oxygen atoms in total. The first-order valence-electron chi connectivity index (χ1n) is 11.3. The van der Waals surface area contributed by atoms with Gasteiger partial charge in [0.25, 0.3) is 10.0 Å². The fourth-order valence-electron chi connectivity index (χ4n) is 4.14. The van der Waals surface area contributed by atoms with Crippen molar-refractivity contribution >= 4 is 55.0 Å². The zero-order valence-electron chi connectivity index (χ0n) is 20.5. The molecule has 210 valence electrons. The maximum atomic E-state index is 13.2. The number of benzene rings is 1. The van der Waals surface area contributed by atoms with E-state index in [2.05, 4.69) is 19.4 Å². The maximum absolute atomic E-state index is 13.2. The lowest BCUT2D eigenvalue weighted by Crippen LogP contribution is -2.48. The summed E-state index contributed by atoms with van der Waals surface area (Å²) < 4.78 is 71.4. The molecule has 1 amide bonds.